The highest BCUT2D eigenvalue weighted by Gasteiger charge is 2.27. The van der Waals surface area contributed by atoms with E-state index in [1.165, 1.54) is 16.9 Å². The Bertz CT molecular complexity index is 1380. The Morgan fingerprint density at radius 2 is 1.70 bits per heavy atom. The van der Waals surface area contributed by atoms with E-state index in [1.54, 1.807) is 44.3 Å². The highest BCUT2D eigenvalue weighted by Crippen LogP contribution is 2.38. The van der Waals surface area contributed by atoms with Crippen LogP contribution in [0.5, 0.6) is 5.75 Å². The molecule has 0 fully saturated rings. The van der Waals surface area contributed by atoms with E-state index < -0.39 is 18.0 Å². The van der Waals surface area contributed by atoms with Gasteiger partial charge in [-0.25, -0.2) is 10.2 Å². The predicted octanol–water partition coefficient (Wildman–Crippen LogP) is 6.10. The fourth-order valence-corrected chi connectivity index (χ4v) is 5.69. The molecule has 2 amide bonds. The van der Waals surface area contributed by atoms with Crippen molar-refractivity contribution in [1.29, 1.82) is 0 Å². The second-order valence-corrected chi connectivity index (χ2v) is 11.0. The first-order valence-electron chi connectivity index (χ1n) is 13.6. The summed E-state index contributed by atoms with van der Waals surface area (Å²) in [6, 6.07) is 14.5. The molecule has 40 heavy (non-hydrogen) atoms. The Hall–Kier alpha value is -3.98. The lowest BCUT2D eigenvalue weighted by Crippen LogP contribution is -2.33. The molecule has 0 spiro atoms. The molecule has 1 aliphatic carbocycles. The largest absolute Gasteiger partial charge is 0.481 e. The van der Waals surface area contributed by atoms with Gasteiger partial charge in [-0.1, -0.05) is 38.1 Å². The summed E-state index contributed by atoms with van der Waals surface area (Å²) >= 11 is 1.45. The molecular weight excluding hydrogens is 526 g/mol. The molecule has 3 aromatic rings. The van der Waals surface area contributed by atoms with Gasteiger partial charge < -0.3 is 14.8 Å². The average molecular weight is 562 g/mol. The number of thiophene rings is 1. The van der Waals surface area contributed by atoms with Crippen LogP contribution in [0.2, 0.25) is 0 Å². The first kappa shape index (κ1) is 29.0. The number of benzene rings is 2. The van der Waals surface area contributed by atoms with E-state index in [1.807, 2.05) is 24.3 Å². The third-order valence-corrected chi connectivity index (χ3v) is 7.88. The molecule has 1 aliphatic rings. The van der Waals surface area contributed by atoms with Crippen LogP contribution in [0.4, 0.5) is 5.00 Å². The zero-order valence-electron chi connectivity index (χ0n) is 23.3. The normalized spacial score (nSPS) is 13.5. The van der Waals surface area contributed by atoms with Crippen LogP contribution in [0.1, 0.15) is 88.7 Å². The van der Waals surface area contributed by atoms with Crippen LogP contribution in [0, 0.1) is 0 Å². The molecule has 8 nitrogen and oxygen atoms in total. The van der Waals surface area contributed by atoms with Crippen LogP contribution in [0.3, 0.4) is 0 Å². The first-order valence-corrected chi connectivity index (χ1v) is 14.4. The molecule has 2 aromatic carbocycles. The minimum Gasteiger partial charge on any atom is -0.481 e. The molecule has 0 radical (unpaired) electrons. The van der Waals surface area contributed by atoms with Crippen LogP contribution in [0.25, 0.3) is 0 Å². The van der Waals surface area contributed by atoms with Gasteiger partial charge in [-0.3, -0.25) is 9.59 Å². The first-order chi connectivity index (χ1) is 19.3. The van der Waals surface area contributed by atoms with Crippen molar-refractivity contribution in [3.8, 4) is 5.75 Å². The number of ether oxygens (including phenoxy) is 2. The standard InChI is InChI=1S/C31H35N3O5S/c1-5-38-31(37)27-25-8-6-7-9-26(25)40-30(27)33-29(36)23-14-16-24(17-15-23)39-20(4)28(35)34-32-18-21-10-12-22(13-11-21)19(2)3/h10-20H,5-9H2,1-4H3,(H,33,36)(H,34,35)/b32-18-/t20-/m1/s1. The van der Waals surface area contributed by atoms with Crippen LogP contribution < -0.4 is 15.5 Å². The van der Waals surface area contributed by atoms with Crippen LogP contribution in [0.15, 0.2) is 53.6 Å². The zero-order valence-corrected chi connectivity index (χ0v) is 24.1. The SMILES string of the molecule is CCOC(=O)c1c(NC(=O)c2ccc(O[C@H](C)C(=O)N/N=C\c3ccc(C(C)C)cc3)cc2)sc2c1CCCC2. The number of hydrazone groups is 1. The van der Waals surface area contributed by atoms with Gasteiger partial charge in [0.25, 0.3) is 11.8 Å². The number of rotatable bonds is 10. The van der Waals surface area contributed by atoms with Crippen molar-refractivity contribution in [2.45, 2.75) is 65.4 Å². The summed E-state index contributed by atoms with van der Waals surface area (Å²) in [7, 11) is 0. The Labute approximate surface area is 238 Å². The summed E-state index contributed by atoms with van der Waals surface area (Å²) in [6.07, 6.45) is 4.57. The monoisotopic (exact) mass is 561 g/mol. The summed E-state index contributed by atoms with van der Waals surface area (Å²) in [6.45, 7) is 7.92. The third kappa shape index (κ3) is 7.15. The molecule has 9 heteroatoms. The van der Waals surface area contributed by atoms with E-state index >= 15 is 0 Å². The fourth-order valence-electron chi connectivity index (χ4n) is 4.42. The predicted molar refractivity (Wildman–Crippen MR) is 158 cm³/mol. The number of fused-ring (bicyclic) bond motifs is 1. The summed E-state index contributed by atoms with van der Waals surface area (Å²) in [5.74, 6) is -0.252. The maximum Gasteiger partial charge on any atom is 0.341 e. The topological polar surface area (TPSA) is 106 Å². The Morgan fingerprint density at radius 3 is 2.38 bits per heavy atom. The number of anilines is 1. The highest BCUT2D eigenvalue weighted by atomic mass is 32.1. The smallest absolute Gasteiger partial charge is 0.341 e. The average Bonchev–Trinajstić information content (AvgIpc) is 3.31. The molecule has 0 saturated heterocycles. The van der Waals surface area contributed by atoms with Crippen molar-refractivity contribution in [1.82, 2.24) is 5.43 Å². The van der Waals surface area contributed by atoms with E-state index in [-0.39, 0.29) is 12.5 Å². The number of carbonyl (C=O) groups is 3. The van der Waals surface area contributed by atoms with E-state index in [9.17, 15) is 14.4 Å². The number of nitrogens with one attached hydrogen (secondary N) is 2. The molecule has 1 aromatic heterocycles. The van der Waals surface area contributed by atoms with Crippen molar-refractivity contribution < 1.29 is 23.9 Å². The lowest BCUT2D eigenvalue weighted by atomic mass is 9.95. The fraction of sp³-hybridized carbons (Fsp3) is 0.355. The number of hydrogen-bond donors (Lipinski definition) is 2. The Balaban J connectivity index is 1.34. The number of nitrogens with zero attached hydrogens (tertiary/aromatic N) is 1. The van der Waals surface area contributed by atoms with Crippen molar-refractivity contribution >= 4 is 40.3 Å². The second-order valence-electron chi connectivity index (χ2n) is 9.93. The quantitative estimate of drug-likeness (QED) is 0.177. The van der Waals surface area contributed by atoms with Crippen LogP contribution >= 0.6 is 11.3 Å². The number of carbonyl (C=O) groups excluding carboxylic acids is 3. The molecular formula is C31H35N3O5S. The number of amides is 2. The highest BCUT2D eigenvalue weighted by molar-refractivity contribution is 7.17. The number of esters is 1. The van der Waals surface area contributed by atoms with Gasteiger partial charge >= 0.3 is 5.97 Å². The van der Waals surface area contributed by atoms with Crippen molar-refractivity contribution in [3.05, 3.63) is 81.2 Å². The van der Waals surface area contributed by atoms with E-state index in [0.29, 0.717) is 27.8 Å². The van der Waals surface area contributed by atoms with E-state index in [0.717, 1.165) is 41.7 Å². The molecule has 2 N–H and O–H groups in total. The lowest BCUT2D eigenvalue weighted by Gasteiger charge is -2.13. The van der Waals surface area contributed by atoms with Crippen molar-refractivity contribution in [3.63, 3.8) is 0 Å². The summed E-state index contributed by atoms with van der Waals surface area (Å²) < 4.78 is 11.0. The molecule has 0 aliphatic heterocycles. The van der Waals surface area contributed by atoms with Gasteiger partial charge in [-0.05, 0) is 86.4 Å². The minimum atomic E-state index is -0.801. The lowest BCUT2D eigenvalue weighted by molar-refractivity contribution is -0.127. The van der Waals surface area contributed by atoms with Gasteiger partial charge in [0.05, 0.1) is 18.4 Å². The summed E-state index contributed by atoms with van der Waals surface area (Å²) in [4.78, 5) is 39.2. The maximum absolute atomic E-state index is 13.0. The zero-order chi connectivity index (χ0) is 28.6. The van der Waals surface area contributed by atoms with E-state index in [2.05, 4.69) is 29.7 Å². The van der Waals surface area contributed by atoms with E-state index in [4.69, 9.17) is 9.47 Å². The molecule has 4 rings (SSSR count). The van der Waals surface area contributed by atoms with Gasteiger partial charge in [0.15, 0.2) is 6.10 Å². The second kappa shape index (κ2) is 13.4. The maximum atomic E-state index is 13.0. The molecule has 210 valence electrons. The van der Waals surface area contributed by atoms with Crippen LogP contribution in [-0.4, -0.2) is 36.7 Å². The Morgan fingerprint density at radius 1 is 1.00 bits per heavy atom. The van der Waals surface area contributed by atoms with Crippen LogP contribution in [-0.2, 0) is 22.4 Å². The molecule has 0 bridgehead atoms. The molecule has 0 saturated carbocycles. The minimum absolute atomic E-state index is 0.271. The van der Waals surface area contributed by atoms with Gasteiger partial charge in [0.1, 0.15) is 10.8 Å². The summed E-state index contributed by atoms with van der Waals surface area (Å²) in [5.41, 5.74) is 6.48. The Kier molecular flexibility index (Phi) is 9.71. The van der Waals surface area contributed by atoms with Crippen molar-refractivity contribution in [2.24, 2.45) is 5.10 Å². The third-order valence-electron chi connectivity index (χ3n) is 6.67. The van der Waals surface area contributed by atoms with Gasteiger partial charge in [-0.15, -0.1) is 11.3 Å². The van der Waals surface area contributed by atoms with Gasteiger partial charge in [0.2, 0.25) is 0 Å². The van der Waals surface area contributed by atoms with Crippen molar-refractivity contribution in [2.75, 3.05) is 11.9 Å². The van der Waals surface area contributed by atoms with Gasteiger partial charge in [-0.2, -0.15) is 5.10 Å². The summed E-state index contributed by atoms with van der Waals surface area (Å²) in [5, 5.41) is 7.45. The van der Waals surface area contributed by atoms with Gasteiger partial charge in [0, 0.05) is 10.4 Å². The number of hydrogen-bond acceptors (Lipinski definition) is 7. The molecule has 1 heterocycles. The molecule has 1 atom stereocenters. The number of aryl methyl sites for hydroxylation is 1. The molecule has 0 unspecified atom stereocenters.